The molecule has 2 heterocycles. The van der Waals surface area contributed by atoms with Gasteiger partial charge in [0, 0.05) is 45.3 Å². The van der Waals surface area contributed by atoms with Crippen molar-refractivity contribution in [2.45, 2.75) is 24.9 Å². The van der Waals surface area contributed by atoms with Crippen LogP contribution in [0.4, 0.5) is 0 Å². The molecule has 2 aliphatic heterocycles. The van der Waals surface area contributed by atoms with Crippen molar-refractivity contribution in [2.75, 3.05) is 46.3 Å². The highest BCUT2D eigenvalue weighted by Crippen LogP contribution is 2.38. The molecule has 4 rings (SSSR count). The first-order valence-corrected chi connectivity index (χ1v) is 9.65. The Bertz CT molecular complexity index is 599. The molecule has 4 unspecified atom stereocenters. The summed E-state index contributed by atoms with van der Waals surface area (Å²) in [5.41, 5.74) is 7.40. The first-order chi connectivity index (χ1) is 12.1. The molecule has 0 bridgehead atoms. The summed E-state index contributed by atoms with van der Waals surface area (Å²) < 4.78 is 0. The van der Waals surface area contributed by atoms with Crippen molar-refractivity contribution in [3.8, 4) is 0 Å². The van der Waals surface area contributed by atoms with E-state index in [4.69, 9.17) is 5.73 Å². The zero-order chi connectivity index (χ0) is 17.4. The average Bonchev–Trinajstić information content (AvgIpc) is 3.20. The Morgan fingerprint density at radius 1 is 1.08 bits per heavy atom. The predicted molar refractivity (Wildman–Crippen MR) is 99.0 cm³/mol. The largest absolute Gasteiger partial charge is 0.340 e. The Morgan fingerprint density at radius 3 is 2.48 bits per heavy atom. The maximum atomic E-state index is 13.5. The molecule has 1 aromatic rings. The summed E-state index contributed by atoms with van der Waals surface area (Å²) in [6, 6.07) is 10.4. The fourth-order valence-corrected chi connectivity index (χ4v) is 4.89. The molecule has 0 aromatic heterocycles. The van der Waals surface area contributed by atoms with Crippen LogP contribution in [0.1, 0.15) is 24.4 Å². The second-order valence-corrected chi connectivity index (χ2v) is 8.06. The van der Waals surface area contributed by atoms with E-state index in [1.165, 1.54) is 6.42 Å². The quantitative estimate of drug-likeness (QED) is 0.896. The molecule has 136 valence electrons. The van der Waals surface area contributed by atoms with E-state index in [9.17, 15) is 4.79 Å². The molecule has 3 fully saturated rings. The van der Waals surface area contributed by atoms with Gasteiger partial charge in [0.05, 0.1) is 0 Å². The summed E-state index contributed by atoms with van der Waals surface area (Å²) in [5, 5.41) is 0. The Hall–Kier alpha value is -1.43. The van der Waals surface area contributed by atoms with Gasteiger partial charge in [-0.15, -0.1) is 0 Å². The van der Waals surface area contributed by atoms with Gasteiger partial charge in [0.1, 0.15) is 6.04 Å². The molecule has 4 atom stereocenters. The van der Waals surface area contributed by atoms with Crippen LogP contribution in [0.3, 0.4) is 0 Å². The Morgan fingerprint density at radius 2 is 1.80 bits per heavy atom. The van der Waals surface area contributed by atoms with Gasteiger partial charge in [-0.25, -0.2) is 0 Å². The van der Waals surface area contributed by atoms with Crippen molar-refractivity contribution in [3.05, 3.63) is 35.9 Å². The highest BCUT2D eigenvalue weighted by atomic mass is 16.2. The number of hydrogen-bond acceptors (Lipinski definition) is 4. The number of nitrogens with zero attached hydrogens (tertiary/aromatic N) is 3. The van der Waals surface area contributed by atoms with Crippen LogP contribution >= 0.6 is 0 Å². The first-order valence-electron chi connectivity index (χ1n) is 9.65. The van der Waals surface area contributed by atoms with E-state index >= 15 is 0 Å². The van der Waals surface area contributed by atoms with E-state index in [-0.39, 0.29) is 18.0 Å². The fraction of sp³-hybridized carbons (Fsp3) is 0.650. The summed E-state index contributed by atoms with van der Waals surface area (Å²) in [5.74, 6) is 1.40. The second kappa shape index (κ2) is 7.06. The number of likely N-dealkylation sites (N-methyl/N-ethyl adjacent to an activating group) is 1. The number of hydrogen-bond donors (Lipinski definition) is 1. The smallest absolute Gasteiger partial charge is 0.244 e. The number of carbonyl (C=O) groups excluding carboxylic acids is 1. The maximum Gasteiger partial charge on any atom is 0.244 e. The highest BCUT2D eigenvalue weighted by molar-refractivity contribution is 5.83. The van der Waals surface area contributed by atoms with Gasteiger partial charge in [-0.05, 0) is 37.3 Å². The lowest BCUT2D eigenvalue weighted by atomic mass is 9.98. The van der Waals surface area contributed by atoms with E-state index in [1.54, 1.807) is 0 Å². The number of amides is 1. The van der Waals surface area contributed by atoms with Crippen molar-refractivity contribution in [3.63, 3.8) is 0 Å². The topological polar surface area (TPSA) is 52.8 Å². The van der Waals surface area contributed by atoms with Crippen LogP contribution in [-0.4, -0.2) is 73.0 Å². The third-order valence-electron chi connectivity index (χ3n) is 6.48. The number of piperazine rings is 1. The lowest BCUT2D eigenvalue weighted by Gasteiger charge is -2.39. The van der Waals surface area contributed by atoms with Crippen molar-refractivity contribution >= 4 is 5.91 Å². The minimum absolute atomic E-state index is 0.148. The minimum atomic E-state index is -0.148. The van der Waals surface area contributed by atoms with Crippen molar-refractivity contribution in [1.82, 2.24) is 14.7 Å². The molecular formula is C20H30N4O. The molecule has 5 nitrogen and oxygen atoms in total. The fourth-order valence-electron chi connectivity index (χ4n) is 4.89. The van der Waals surface area contributed by atoms with Gasteiger partial charge in [0.15, 0.2) is 0 Å². The van der Waals surface area contributed by atoms with E-state index < -0.39 is 0 Å². The lowest BCUT2D eigenvalue weighted by molar-refractivity contribution is -0.137. The molecule has 0 radical (unpaired) electrons. The van der Waals surface area contributed by atoms with Crippen LogP contribution in [0.15, 0.2) is 30.3 Å². The van der Waals surface area contributed by atoms with E-state index in [0.717, 1.165) is 51.3 Å². The van der Waals surface area contributed by atoms with Crippen LogP contribution in [0.2, 0.25) is 0 Å². The van der Waals surface area contributed by atoms with Crippen molar-refractivity contribution < 1.29 is 4.79 Å². The van der Waals surface area contributed by atoms with Crippen LogP contribution in [0.5, 0.6) is 0 Å². The zero-order valence-electron chi connectivity index (χ0n) is 15.2. The Balaban J connectivity index is 1.54. The van der Waals surface area contributed by atoms with Gasteiger partial charge >= 0.3 is 0 Å². The molecular weight excluding hydrogens is 312 g/mol. The van der Waals surface area contributed by atoms with Crippen LogP contribution in [0.25, 0.3) is 0 Å². The number of likely N-dealkylation sites (tertiary alicyclic amines) is 1. The number of fused-ring (bicyclic) bond motifs is 1. The number of rotatable bonds is 3. The molecule has 1 amide bonds. The molecule has 1 aromatic carbocycles. The monoisotopic (exact) mass is 342 g/mol. The second-order valence-electron chi connectivity index (χ2n) is 8.06. The van der Waals surface area contributed by atoms with Gasteiger partial charge in [-0.3, -0.25) is 9.69 Å². The normalized spacial score (nSPS) is 31.9. The SMILES string of the molecule is CN1CCN(C(C(=O)N2CC3CCC(N)C3C2)c2ccccc2)CC1. The summed E-state index contributed by atoms with van der Waals surface area (Å²) >= 11 is 0. The lowest BCUT2D eigenvalue weighted by Crippen LogP contribution is -2.50. The molecule has 0 spiro atoms. The van der Waals surface area contributed by atoms with Gasteiger partial charge < -0.3 is 15.5 Å². The maximum absolute atomic E-state index is 13.5. The molecule has 5 heteroatoms. The average molecular weight is 342 g/mol. The van der Waals surface area contributed by atoms with Crippen LogP contribution < -0.4 is 5.73 Å². The molecule has 25 heavy (non-hydrogen) atoms. The van der Waals surface area contributed by atoms with Crippen LogP contribution in [0, 0.1) is 11.8 Å². The van der Waals surface area contributed by atoms with Crippen molar-refractivity contribution in [2.24, 2.45) is 17.6 Å². The highest BCUT2D eigenvalue weighted by Gasteiger charge is 2.44. The van der Waals surface area contributed by atoms with Gasteiger partial charge in [0.25, 0.3) is 0 Å². The number of benzene rings is 1. The van der Waals surface area contributed by atoms with E-state index in [1.807, 2.05) is 18.2 Å². The third kappa shape index (κ3) is 3.33. The number of carbonyl (C=O) groups is 1. The van der Waals surface area contributed by atoms with Gasteiger partial charge in [-0.1, -0.05) is 30.3 Å². The molecule has 2 saturated heterocycles. The predicted octanol–water partition coefficient (Wildman–Crippen LogP) is 1.17. The number of nitrogens with two attached hydrogens (primary N) is 1. The summed E-state index contributed by atoms with van der Waals surface area (Å²) in [7, 11) is 2.15. The van der Waals surface area contributed by atoms with E-state index in [2.05, 4.69) is 33.9 Å². The molecule has 1 saturated carbocycles. The minimum Gasteiger partial charge on any atom is -0.340 e. The molecule has 3 aliphatic rings. The zero-order valence-corrected chi connectivity index (χ0v) is 15.2. The first kappa shape index (κ1) is 17.0. The molecule has 2 N–H and O–H groups in total. The van der Waals surface area contributed by atoms with Crippen molar-refractivity contribution in [1.29, 1.82) is 0 Å². The summed E-state index contributed by atoms with van der Waals surface area (Å²) in [6.07, 6.45) is 2.30. The summed E-state index contributed by atoms with van der Waals surface area (Å²) in [6.45, 7) is 5.68. The third-order valence-corrected chi connectivity index (χ3v) is 6.48. The Labute approximate surface area is 150 Å². The van der Waals surface area contributed by atoms with E-state index in [0.29, 0.717) is 11.8 Å². The van der Waals surface area contributed by atoms with Gasteiger partial charge in [0.2, 0.25) is 5.91 Å². The summed E-state index contributed by atoms with van der Waals surface area (Å²) in [4.78, 5) is 20.3. The van der Waals surface area contributed by atoms with Gasteiger partial charge in [-0.2, -0.15) is 0 Å². The van der Waals surface area contributed by atoms with Crippen LogP contribution in [-0.2, 0) is 4.79 Å². The standard InChI is InChI=1S/C20H30N4O/c1-22-9-11-23(12-10-22)19(15-5-3-2-4-6-15)20(25)24-13-16-7-8-18(21)17(16)14-24/h2-6,16-19H,7-14,21H2,1H3. The molecule has 1 aliphatic carbocycles. The Kier molecular flexibility index (Phi) is 4.80.